The van der Waals surface area contributed by atoms with Gasteiger partial charge in [0.1, 0.15) is 11.9 Å². The fourth-order valence-corrected chi connectivity index (χ4v) is 1.59. The van der Waals surface area contributed by atoms with E-state index >= 15 is 0 Å². The van der Waals surface area contributed by atoms with Crippen molar-refractivity contribution in [3.05, 3.63) is 30.0 Å². The van der Waals surface area contributed by atoms with Crippen LogP contribution in [-0.2, 0) is 0 Å². The number of hydrogen-bond acceptors (Lipinski definition) is 4. The van der Waals surface area contributed by atoms with E-state index in [4.69, 9.17) is 5.26 Å². The van der Waals surface area contributed by atoms with Gasteiger partial charge in [-0.1, -0.05) is 12.2 Å². The summed E-state index contributed by atoms with van der Waals surface area (Å²) < 4.78 is 0. The number of nitriles is 1. The molecule has 0 bridgehead atoms. The van der Waals surface area contributed by atoms with Crippen molar-refractivity contribution < 1.29 is 0 Å². The predicted molar refractivity (Wildman–Crippen MR) is 57.1 cm³/mol. The first-order valence-electron chi connectivity index (χ1n) is 5.05. The van der Waals surface area contributed by atoms with E-state index in [1.165, 1.54) is 6.42 Å². The molecule has 4 heteroatoms. The van der Waals surface area contributed by atoms with Gasteiger partial charge < -0.3 is 5.32 Å². The Morgan fingerprint density at radius 3 is 2.93 bits per heavy atom. The van der Waals surface area contributed by atoms with Gasteiger partial charge in [-0.15, -0.1) is 10.2 Å². The molecular weight excluding hydrogens is 188 g/mol. The van der Waals surface area contributed by atoms with Crippen molar-refractivity contribution in [3.8, 4) is 6.07 Å². The minimum absolute atomic E-state index is 0.347. The fourth-order valence-electron chi connectivity index (χ4n) is 1.59. The highest BCUT2D eigenvalue weighted by atomic mass is 15.2. The van der Waals surface area contributed by atoms with E-state index in [0.29, 0.717) is 11.7 Å². The Morgan fingerprint density at radius 1 is 1.40 bits per heavy atom. The predicted octanol–water partition coefficient (Wildman–Crippen LogP) is 1.87. The second kappa shape index (κ2) is 4.56. The summed E-state index contributed by atoms with van der Waals surface area (Å²) >= 11 is 0. The van der Waals surface area contributed by atoms with E-state index < -0.39 is 0 Å². The van der Waals surface area contributed by atoms with Gasteiger partial charge in [-0.25, -0.2) is 0 Å². The largest absolute Gasteiger partial charge is 0.362 e. The van der Waals surface area contributed by atoms with E-state index in [-0.39, 0.29) is 0 Å². The second-order valence-corrected chi connectivity index (χ2v) is 3.53. The monoisotopic (exact) mass is 200 g/mol. The molecule has 0 amide bonds. The highest BCUT2D eigenvalue weighted by Gasteiger charge is 2.08. The lowest BCUT2D eigenvalue weighted by Gasteiger charge is -2.17. The highest BCUT2D eigenvalue weighted by Crippen LogP contribution is 2.14. The van der Waals surface area contributed by atoms with Crippen LogP contribution in [0.3, 0.4) is 0 Å². The van der Waals surface area contributed by atoms with Gasteiger partial charge in [-0.05, 0) is 31.4 Å². The molecule has 0 fully saturated rings. The Labute approximate surface area is 88.6 Å². The smallest absolute Gasteiger partial charge is 0.163 e. The third-order valence-electron chi connectivity index (χ3n) is 2.37. The van der Waals surface area contributed by atoms with Crippen LogP contribution in [0.2, 0.25) is 0 Å². The van der Waals surface area contributed by atoms with Crippen LogP contribution in [-0.4, -0.2) is 16.2 Å². The SMILES string of the molecule is N#Cc1ccc(NC2C=CCCC2)nn1. The Morgan fingerprint density at radius 2 is 2.33 bits per heavy atom. The van der Waals surface area contributed by atoms with Crippen molar-refractivity contribution in [1.82, 2.24) is 10.2 Å². The zero-order chi connectivity index (χ0) is 10.5. The molecule has 1 heterocycles. The Hall–Kier alpha value is -1.89. The van der Waals surface area contributed by atoms with Gasteiger partial charge in [0.15, 0.2) is 5.69 Å². The fraction of sp³-hybridized carbons (Fsp3) is 0.364. The van der Waals surface area contributed by atoms with Gasteiger partial charge in [0.2, 0.25) is 0 Å². The van der Waals surface area contributed by atoms with Crippen LogP contribution in [0.1, 0.15) is 25.0 Å². The summed E-state index contributed by atoms with van der Waals surface area (Å²) in [4.78, 5) is 0. The average Bonchev–Trinajstić information content (AvgIpc) is 2.31. The van der Waals surface area contributed by atoms with Crippen molar-refractivity contribution in [2.24, 2.45) is 0 Å². The Balaban J connectivity index is 2.01. The molecule has 76 valence electrons. The number of allylic oxidation sites excluding steroid dienone is 1. The van der Waals surface area contributed by atoms with Crippen molar-refractivity contribution in [1.29, 1.82) is 5.26 Å². The summed E-state index contributed by atoms with van der Waals surface area (Å²) in [5.41, 5.74) is 0.347. The van der Waals surface area contributed by atoms with E-state index in [2.05, 4.69) is 27.7 Å². The molecule has 2 rings (SSSR count). The van der Waals surface area contributed by atoms with Crippen LogP contribution >= 0.6 is 0 Å². The van der Waals surface area contributed by atoms with Crippen molar-refractivity contribution in [2.45, 2.75) is 25.3 Å². The number of nitrogens with one attached hydrogen (secondary N) is 1. The molecule has 0 saturated heterocycles. The lowest BCUT2D eigenvalue weighted by atomic mass is 10.0. The van der Waals surface area contributed by atoms with E-state index in [0.717, 1.165) is 18.7 Å². The van der Waals surface area contributed by atoms with Crippen LogP contribution in [0.15, 0.2) is 24.3 Å². The number of rotatable bonds is 2. The molecule has 0 saturated carbocycles. The molecule has 1 aromatic rings. The average molecular weight is 200 g/mol. The van der Waals surface area contributed by atoms with Crippen LogP contribution in [0.5, 0.6) is 0 Å². The maximum absolute atomic E-state index is 8.57. The van der Waals surface area contributed by atoms with E-state index in [1.807, 2.05) is 6.07 Å². The molecule has 1 N–H and O–H groups in total. The highest BCUT2D eigenvalue weighted by molar-refractivity contribution is 5.37. The number of anilines is 1. The summed E-state index contributed by atoms with van der Waals surface area (Å²) in [7, 11) is 0. The Kier molecular flexibility index (Phi) is 2.93. The quantitative estimate of drug-likeness (QED) is 0.740. The molecule has 1 unspecified atom stereocenters. The standard InChI is InChI=1S/C11H12N4/c12-8-10-6-7-11(15-14-10)13-9-4-2-1-3-5-9/h2,4,6-7,9H,1,3,5H2,(H,13,15). The van der Waals surface area contributed by atoms with Gasteiger partial charge >= 0.3 is 0 Å². The topological polar surface area (TPSA) is 61.6 Å². The first-order valence-corrected chi connectivity index (χ1v) is 5.05. The zero-order valence-electron chi connectivity index (χ0n) is 8.35. The first kappa shape index (κ1) is 9.66. The summed E-state index contributed by atoms with van der Waals surface area (Å²) in [6.45, 7) is 0. The van der Waals surface area contributed by atoms with Crippen LogP contribution in [0.25, 0.3) is 0 Å². The minimum Gasteiger partial charge on any atom is -0.362 e. The molecular formula is C11H12N4. The second-order valence-electron chi connectivity index (χ2n) is 3.53. The summed E-state index contributed by atoms with van der Waals surface area (Å²) in [6, 6.07) is 5.74. The minimum atomic E-state index is 0.347. The molecule has 15 heavy (non-hydrogen) atoms. The summed E-state index contributed by atoms with van der Waals surface area (Å²) in [5, 5.41) is 19.5. The lowest BCUT2D eigenvalue weighted by Crippen LogP contribution is -2.19. The first-order chi connectivity index (χ1) is 7.38. The van der Waals surface area contributed by atoms with Crippen molar-refractivity contribution >= 4 is 5.82 Å². The molecule has 1 aliphatic rings. The number of nitrogens with zero attached hydrogens (tertiary/aromatic N) is 3. The van der Waals surface area contributed by atoms with E-state index in [9.17, 15) is 0 Å². The maximum atomic E-state index is 8.57. The molecule has 1 atom stereocenters. The van der Waals surface area contributed by atoms with Gasteiger partial charge in [0, 0.05) is 6.04 Å². The molecule has 0 spiro atoms. The molecule has 0 radical (unpaired) electrons. The number of aromatic nitrogens is 2. The third kappa shape index (κ3) is 2.53. The normalized spacial score (nSPS) is 19.5. The van der Waals surface area contributed by atoms with E-state index in [1.54, 1.807) is 12.1 Å². The summed E-state index contributed by atoms with van der Waals surface area (Å²) in [6.07, 6.45) is 7.83. The molecule has 0 aliphatic heterocycles. The number of hydrogen-bond donors (Lipinski definition) is 1. The van der Waals surface area contributed by atoms with Gasteiger partial charge in [-0.3, -0.25) is 0 Å². The maximum Gasteiger partial charge on any atom is 0.163 e. The molecule has 1 aliphatic carbocycles. The van der Waals surface area contributed by atoms with Crippen molar-refractivity contribution in [3.63, 3.8) is 0 Å². The van der Waals surface area contributed by atoms with Crippen LogP contribution < -0.4 is 5.32 Å². The third-order valence-corrected chi connectivity index (χ3v) is 2.37. The van der Waals surface area contributed by atoms with Gasteiger partial charge in [-0.2, -0.15) is 5.26 Å². The Bertz CT molecular complexity index is 388. The van der Waals surface area contributed by atoms with Gasteiger partial charge in [0.05, 0.1) is 0 Å². The van der Waals surface area contributed by atoms with Crippen LogP contribution in [0.4, 0.5) is 5.82 Å². The zero-order valence-corrected chi connectivity index (χ0v) is 8.35. The van der Waals surface area contributed by atoms with Gasteiger partial charge in [0.25, 0.3) is 0 Å². The molecule has 0 aromatic carbocycles. The lowest BCUT2D eigenvalue weighted by molar-refractivity contribution is 0.670. The van der Waals surface area contributed by atoms with Crippen LogP contribution in [0, 0.1) is 11.3 Å². The van der Waals surface area contributed by atoms with Crippen molar-refractivity contribution in [2.75, 3.05) is 5.32 Å². The molecule has 1 aromatic heterocycles. The molecule has 4 nitrogen and oxygen atoms in total. The summed E-state index contributed by atoms with van der Waals surface area (Å²) in [5.74, 6) is 0.727.